The van der Waals surface area contributed by atoms with E-state index in [1.807, 2.05) is 37.1 Å². The van der Waals surface area contributed by atoms with Gasteiger partial charge in [-0.1, -0.05) is 22.0 Å². The lowest BCUT2D eigenvalue weighted by Crippen LogP contribution is -2.26. The Morgan fingerprint density at radius 3 is 2.50 bits per heavy atom. The van der Waals surface area contributed by atoms with Crippen LogP contribution in [-0.4, -0.2) is 24.8 Å². The normalized spacial score (nSPS) is 14.6. The maximum atomic E-state index is 9.32. The van der Waals surface area contributed by atoms with Crippen LogP contribution in [0.2, 0.25) is 0 Å². The summed E-state index contributed by atoms with van der Waals surface area (Å²) in [5, 5.41) is 9.32. The average molecular weight is 287 g/mol. The number of hydrogen-bond donors (Lipinski definition) is 2. The molecule has 0 fully saturated rings. The molecule has 0 heterocycles. The Morgan fingerprint density at radius 1 is 1.44 bits per heavy atom. The molecule has 4 heteroatoms. The summed E-state index contributed by atoms with van der Waals surface area (Å²) in [7, 11) is 1.96. The highest BCUT2D eigenvalue weighted by molar-refractivity contribution is 9.10. The first-order valence-electron chi connectivity index (χ1n) is 5.36. The van der Waals surface area contributed by atoms with Crippen molar-refractivity contribution in [2.24, 2.45) is 5.73 Å². The van der Waals surface area contributed by atoms with Gasteiger partial charge >= 0.3 is 0 Å². The van der Waals surface area contributed by atoms with E-state index in [-0.39, 0.29) is 12.1 Å². The highest BCUT2D eigenvalue weighted by Gasteiger charge is 2.09. The lowest BCUT2D eigenvalue weighted by molar-refractivity contribution is 0.201. The van der Waals surface area contributed by atoms with Crippen LogP contribution in [0.15, 0.2) is 22.7 Å². The molecule has 1 aromatic rings. The van der Waals surface area contributed by atoms with E-state index in [4.69, 9.17) is 5.73 Å². The summed E-state index contributed by atoms with van der Waals surface area (Å²) >= 11 is 3.51. The van der Waals surface area contributed by atoms with Crippen LogP contribution < -0.4 is 10.6 Å². The molecule has 16 heavy (non-hydrogen) atoms. The van der Waals surface area contributed by atoms with E-state index in [0.29, 0.717) is 6.54 Å². The predicted molar refractivity (Wildman–Crippen MR) is 71.7 cm³/mol. The van der Waals surface area contributed by atoms with Gasteiger partial charge in [-0.3, -0.25) is 0 Å². The van der Waals surface area contributed by atoms with Gasteiger partial charge in [-0.2, -0.15) is 0 Å². The van der Waals surface area contributed by atoms with Crippen molar-refractivity contribution in [1.29, 1.82) is 0 Å². The summed E-state index contributed by atoms with van der Waals surface area (Å²) in [5.74, 6) is 0. The van der Waals surface area contributed by atoms with Crippen molar-refractivity contribution >= 4 is 21.6 Å². The minimum atomic E-state index is -0.336. The number of hydrogen-bond acceptors (Lipinski definition) is 3. The van der Waals surface area contributed by atoms with E-state index in [1.54, 1.807) is 6.92 Å². The van der Waals surface area contributed by atoms with Gasteiger partial charge in [0, 0.05) is 29.8 Å². The third kappa shape index (κ3) is 3.47. The van der Waals surface area contributed by atoms with Crippen LogP contribution in [0.4, 0.5) is 5.69 Å². The molecule has 0 aliphatic heterocycles. The number of aliphatic hydroxyl groups excluding tert-OH is 1. The number of anilines is 1. The minimum Gasteiger partial charge on any atom is -0.392 e. The van der Waals surface area contributed by atoms with Crippen LogP contribution in [0, 0.1) is 0 Å². The van der Waals surface area contributed by atoms with Crippen LogP contribution in [-0.2, 0) is 0 Å². The van der Waals surface area contributed by atoms with Gasteiger partial charge in [-0.05, 0) is 31.5 Å². The van der Waals surface area contributed by atoms with Crippen molar-refractivity contribution in [2.75, 3.05) is 18.5 Å². The van der Waals surface area contributed by atoms with Crippen molar-refractivity contribution in [1.82, 2.24) is 0 Å². The van der Waals surface area contributed by atoms with Gasteiger partial charge in [-0.25, -0.2) is 0 Å². The number of nitrogens with zero attached hydrogens (tertiary/aromatic N) is 1. The zero-order valence-corrected chi connectivity index (χ0v) is 11.5. The van der Waals surface area contributed by atoms with Gasteiger partial charge in [0.2, 0.25) is 0 Å². The summed E-state index contributed by atoms with van der Waals surface area (Å²) in [5.41, 5.74) is 8.00. The molecule has 1 aromatic carbocycles. The van der Waals surface area contributed by atoms with Crippen LogP contribution in [0.1, 0.15) is 25.5 Å². The van der Waals surface area contributed by atoms with Gasteiger partial charge in [0.25, 0.3) is 0 Å². The lowest BCUT2D eigenvalue weighted by Gasteiger charge is -2.22. The quantitative estimate of drug-likeness (QED) is 0.893. The van der Waals surface area contributed by atoms with Crippen LogP contribution >= 0.6 is 15.9 Å². The highest BCUT2D eigenvalue weighted by Crippen LogP contribution is 2.26. The van der Waals surface area contributed by atoms with Crippen molar-refractivity contribution in [3.8, 4) is 0 Å². The van der Waals surface area contributed by atoms with E-state index in [1.165, 1.54) is 0 Å². The van der Waals surface area contributed by atoms with Crippen LogP contribution in [0.5, 0.6) is 0 Å². The fraction of sp³-hybridized carbons (Fsp3) is 0.500. The van der Waals surface area contributed by atoms with E-state index >= 15 is 0 Å². The van der Waals surface area contributed by atoms with Crippen molar-refractivity contribution in [3.63, 3.8) is 0 Å². The van der Waals surface area contributed by atoms with Crippen LogP contribution in [0.25, 0.3) is 0 Å². The molecule has 0 amide bonds. The molecule has 0 aliphatic carbocycles. The van der Waals surface area contributed by atoms with Crippen molar-refractivity contribution < 1.29 is 5.11 Å². The van der Waals surface area contributed by atoms with E-state index in [0.717, 1.165) is 15.7 Å². The second kappa shape index (κ2) is 5.66. The monoisotopic (exact) mass is 286 g/mol. The van der Waals surface area contributed by atoms with Gasteiger partial charge in [-0.15, -0.1) is 0 Å². The molecule has 3 nitrogen and oxygen atoms in total. The van der Waals surface area contributed by atoms with Crippen molar-refractivity contribution in [2.45, 2.75) is 26.0 Å². The molecule has 1 rings (SSSR count). The molecule has 90 valence electrons. The number of aliphatic hydroxyl groups is 1. The maximum absolute atomic E-state index is 9.32. The fourth-order valence-corrected chi connectivity index (χ4v) is 2.35. The molecule has 0 aromatic heterocycles. The Labute approximate surface area is 105 Å². The third-order valence-electron chi connectivity index (χ3n) is 2.45. The molecule has 0 saturated heterocycles. The second-order valence-corrected chi connectivity index (χ2v) is 5.08. The zero-order chi connectivity index (χ0) is 12.3. The Balaban J connectivity index is 2.88. The molecule has 0 spiro atoms. The SMILES string of the molecule is CC(O)CN(C)c1ccc([C@H](C)N)c(Br)c1. The highest BCUT2D eigenvalue weighted by atomic mass is 79.9. The molecule has 0 saturated carbocycles. The summed E-state index contributed by atoms with van der Waals surface area (Å²) in [4.78, 5) is 2.01. The summed E-state index contributed by atoms with van der Waals surface area (Å²) < 4.78 is 1.01. The number of rotatable bonds is 4. The predicted octanol–water partition coefficient (Wildman–Crippen LogP) is 2.29. The number of halogens is 1. The summed E-state index contributed by atoms with van der Waals surface area (Å²) in [6, 6.07) is 6.08. The molecule has 0 radical (unpaired) electrons. The average Bonchev–Trinajstić information content (AvgIpc) is 2.15. The molecule has 3 N–H and O–H groups in total. The maximum Gasteiger partial charge on any atom is 0.0686 e. The standard InChI is InChI=1S/C12H19BrN2O/c1-8(16)7-15(3)10-4-5-11(9(2)14)12(13)6-10/h4-6,8-9,16H,7,14H2,1-3H3/t8?,9-/m0/s1. The second-order valence-electron chi connectivity index (χ2n) is 4.22. The fourth-order valence-electron chi connectivity index (χ4n) is 1.62. The Hall–Kier alpha value is -0.580. The summed E-state index contributed by atoms with van der Waals surface area (Å²) in [6.07, 6.45) is -0.336. The van der Waals surface area contributed by atoms with E-state index < -0.39 is 0 Å². The minimum absolute atomic E-state index is 0.0190. The molecule has 2 atom stereocenters. The molecular formula is C12H19BrN2O. The van der Waals surface area contributed by atoms with Gasteiger partial charge < -0.3 is 15.7 Å². The summed E-state index contributed by atoms with van der Waals surface area (Å²) in [6.45, 7) is 4.35. The Bertz CT molecular complexity index is 353. The van der Waals surface area contributed by atoms with Gasteiger partial charge in [0.1, 0.15) is 0 Å². The van der Waals surface area contributed by atoms with Gasteiger partial charge in [0.15, 0.2) is 0 Å². The Kier molecular flexibility index (Phi) is 4.77. The molecular weight excluding hydrogens is 268 g/mol. The third-order valence-corrected chi connectivity index (χ3v) is 3.14. The smallest absolute Gasteiger partial charge is 0.0686 e. The molecule has 0 bridgehead atoms. The zero-order valence-electron chi connectivity index (χ0n) is 9.94. The van der Waals surface area contributed by atoms with Crippen LogP contribution in [0.3, 0.4) is 0 Å². The van der Waals surface area contributed by atoms with E-state index in [2.05, 4.69) is 15.9 Å². The number of nitrogens with two attached hydrogens (primary N) is 1. The topological polar surface area (TPSA) is 49.5 Å². The first-order chi connectivity index (χ1) is 7.41. The first kappa shape index (κ1) is 13.5. The lowest BCUT2D eigenvalue weighted by atomic mass is 10.1. The number of benzene rings is 1. The largest absolute Gasteiger partial charge is 0.392 e. The first-order valence-corrected chi connectivity index (χ1v) is 6.15. The molecule has 0 aliphatic rings. The Morgan fingerprint density at radius 2 is 2.06 bits per heavy atom. The number of likely N-dealkylation sites (N-methyl/N-ethyl adjacent to an activating group) is 1. The van der Waals surface area contributed by atoms with E-state index in [9.17, 15) is 5.11 Å². The van der Waals surface area contributed by atoms with Crippen molar-refractivity contribution in [3.05, 3.63) is 28.2 Å². The molecule has 1 unspecified atom stereocenters. The van der Waals surface area contributed by atoms with Gasteiger partial charge in [0.05, 0.1) is 6.10 Å².